The minimum atomic E-state index is -0.594. The van der Waals surface area contributed by atoms with Crippen LogP contribution in [0.2, 0.25) is 0 Å². The third kappa shape index (κ3) is 4.49. The van der Waals surface area contributed by atoms with Crippen LogP contribution in [0.25, 0.3) is 0 Å². The van der Waals surface area contributed by atoms with Crippen molar-refractivity contribution in [1.82, 2.24) is 5.32 Å². The van der Waals surface area contributed by atoms with Crippen molar-refractivity contribution in [3.63, 3.8) is 0 Å². The number of benzene rings is 2. The third-order valence-corrected chi connectivity index (χ3v) is 3.06. The van der Waals surface area contributed by atoms with Gasteiger partial charge in [0, 0.05) is 24.2 Å². The van der Waals surface area contributed by atoms with Crippen LogP contribution < -0.4 is 10.1 Å². The van der Waals surface area contributed by atoms with Crippen LogP contribution in [-0.4, -0.2) is 13.2 Å². The lowest BCUT2D eigenvalue weighted by Crippen LogP contribution is -2.25. The Morgan fingerprint density at radius 3 is 2.33 bits per heavy atom. The molecule has 2 nitrogen and oxygen atoms in total. The van der Waals surface area contributed by atoms with Gasteiger partial charge < -0.3 is 10.1 Å². The number of halogens is 3. The summed E-state index contributed by atoms with van der Waals surface area (Å²) < 4.78 is 44.5. The molecule has 0 aromatic heterocycles. The van der Waals surface area contributed by atoms with Gasteiger partial charge in [-0.25, -0.2) is 13.2 Å². The van der Waals surface area contributed by atoms with E-state index < -0.39 is 11.6 Å². The van der Waals surface area contributed by atoms with Crippen molar-refractivity contribution in [2.75, 3.05) is 13.2 Å². The van der Waals surface area contributed by atoms with E-state index in [0.717, 1.165) is 6.07 Å². The van der Waals surface area contributed by atoms with E-state index in [1.165, 1.54) is 24.3 Å². The Morgan fingerprint density at radius 1 is 1.00 bits per heavy atom. The molecule has 0 aliphatic heterocycles. The maximum absolute atomic E-state index is 13.6. The molecule has 0 heterocycles. The zero-order valence-electron chi connectivity index (χ0n) is 11.6. The molecule has 0 saturated carbocycles. The Labute approximate surface area is 121 Å². The smallest absolute Gasteiger partial charge is 0.130 e. The fourth-order valence-electron chi connectivity index (χ4n) is 1.94. The van der Waals surface area contributed by atoms with Crippen LogP contribution in [0.4, 0.5) is 13.2 Å². The van der Waals surface area contributed by atoms with Crippen molar-refractivity contribution in [3.8, 4) is 5.75 Å². The molecule has 0 amide bonds. The fourth-order valence-corrected chi connectivity index (χ4v) is 1.94. The Morgan fingerprint density at radius 2 is 1.67 bits per heavy atom. The summed E-state index contributed by atoms with van der Waals surface area (Å²) in [6.45, 7) is 2.63. The molecule has 1 unspecified atom stereocenters. The predicted molar refractivity (Wildman–Crippen MR) is 74.7 cm³/mol. The van der Waals surface area contributed by atoms with E-state index in [-0.39, 0.29) is 11.9 Å². The maximum Gasteiger partial charge on any atom is 0.130 e. The summed E-state index contributed by atoms with van der Waals surface area (Å²) >= 11 is 0. The van der Waals surface area contributed by atoms with Gasteiger partial charge >= 0.3 is 0 Å². The summed E-state index contributed by atoms with van der Waals surface area (Å²) in [5.74, 6) is -0.919. The van der Waals surface area contributed by atoms with Crippen molar-refractivity contribution in [2.24, 2.45) is 0 Å². The van der Waals surface area contributed by atoms with Gasteiger partial charge in [0.2, 0.25) is 0 Å². The van der Waals surface area contributed by atoms with Crippen molar-refractivity contribution < 1.29 is 17.9 Å². The normalized spacial score (nSPS) is 12.2. The first kappa shape index (κ1) is 15.4. The molecule has 0 radical (unpaired) electrons. The lowest BCUT2D eigenvalue weighted by Gasteiger charge is -2.15. The molecule has 21 heavy (non-hydrogen) atoms. The molecule has 5 heteroatoms. The summed E-state index contributed by atoms with van der Waals surface area (Å²) in [5, 5.41) is 3.08. The van der Waals surface area contributed by atoms with E-state index in [4.69, 9.17) is 4.74 Å². The maximum atomic E-state index is 13.6. The Balaban J connectivity index is 1.79. The Hall–Kier alpha value is -2.01. The van der Waals surface area contributed by atoms with E-state index in [1.54, 1.807) is 19.1 Å². The molecule has 2 aromatic carbocycles. The molecule has 112 valence electrons. The van der Waals surface area contributed by atoms with Gasteiger partial charge in [0.25, 0.3) is 0 Å². The summed E-state index contributed by atoms with van der Waals surface area (Å²) in [6.07, 6.45) is 0. The molecular formula is C16H16F3NO. The first-order valence-corrected chi connectivity index (χ1v) is 6.63. The van der Waals surface area contributed by atoms with Crippen molar-refractivity contribution in [1.29, 1.82) is 0 Å². The van der Waals surface area contributed by atoms with Crippen LogP contribution in [0, 0.1) is 17.5 Å². The molecule has 0 aliphatic carbocycles. The first-order valence-electron chi connectivity index (χ1n) is 6.63. The fraction of sp³-hybridized carbons (Fsp3) is 0.250. The molecule has 1 N–H and O–H groups in total. The molecule has 0 fully saturated rings. The zero-order valence-corrected chi connectivity index (χ0v) is 11.6. The highest BCUT2D eigenvalue weighted by molar-refractivity contribution is 5.22. The number of hydrogen-bond acceptors (Lipinski definition) is 2. The average Bonchev–Trinajstić information content (AvgIpc) is 2.45. The molecule has 0 spiro atoms. The van der Waals surface area contributed by atoms with Gasteiger partial charge in [-0.3, -0.25) is 0 Å². The highest BCUT2D eigenvalue weighted by atomic mass is 19.1. The second kappa shape index (κ2) is 7.13. The van der Waals surface area contributed by atoms with Crippen LogP contribution >= 0.6 is 0 Å². The molecular weight excluding hydrogens is 279 g/mol. The van der Waals surface area contributed by atoms with E-state index in [2.05, 4.69) is 5.32 Å². The van der Waals surface area contributed by atoms with E-state index >= 15 is 0 Å². The standard InChI is InChI=1S/C16H16F3NO/c1-11(15-7-4-13(18)10-16(15)19)20-8-9-21-14-5-2-12(17)3-6-14/h2-7,10-11,20H,8-9H2,1H3. The summed E-state index contributed by atoms with van der Waals surface area (Å²) in [5.41, 5.74) is 0.401. The third-order valence-electron chi connectivity index (χ3n) is 3.06. The molecule has 2 aromatic rings. The van der Waals surface area contributed by atoms with Crippen molar-refractivity contribution in [2.45, 2.75) is 13.0 Å². The van der Waals surface area contributed by atoms with Gasteiger partial charge in [0.05, 0.1) is 0 Å². The predicted octanol–water partition coefficient (Wildman–Crippen LogP) is 3.83. The van der Waals surface area contributed by atoms with E-state index in [0.29, 0.717) is 24.5 Å². The molecule has 1 atom stereocenters. The van der Waals surface area contributed by atoms with E-state index in [1.807, 2.05) is 0 Å². The van der Waals surface area contributed by atoms with Gasteiger partial charge in [-0.15, -0.1) is 0 Å². The highest BCUT2D eigenvalue weighted by Gasteiger charge is 2.10. The summed E-state index contributed by atoms with van der Waals surface area (Å²) in [4.78, 5) is 0. The number of ether oxygens (including phenoxy) is 1. The minimum Gasteiger partial charge on any atom is -0.492 e. The van der Waals surface area contributed by atoms with Crippen LogP contribution in [0.5, 0.6) is 5.75 Å². The minimum absolute atomic E-state index is 0.262. The SMILES string of the molecule is CC(NCCOc1ccc(F)cc1)c1ccc(F)cc1F. The summed E-state index contributed by atoms with van der Waals surface area (Å²) in [6, 6.07) is 8.97. The topological polar surface area (TPSA) is 21.3 Å². The van der Waals surface area contributed by atoms with Crippen LogP contribution in [-0.2, 0) is 0 Å². The largest absolute Gasteiger partial charge is 0.492 e. The Kier molecular flexibility index (Phi) is 5.22. The van der Waals surface area contributed by atoms with Crippen molar-refractivity contribution in [3.05, 3.63) is 65.5 Å². The number of rotatable bonds is 6. The van der Waals surface area contributed by atoms with Gasteiger partial charge in [0.1, 0.15) is 29.8 Å². The van der Waals surface area contributed by atoms with E-state index in [9.17, 15) is 13.2 Å². The molecule has 0 saturated heterocycles. The van der Waals surface area contributed by atoms with Crippen molar-refractivity contribution >= 4 is 0 Å². The lowest BCUT2D eigenvalue weighted by molar-refractivity contribution is 0.306. The van der Waals surface area contributed by atoms with Gasteiger partial charge in [-0.05, 0) is 37.3 Å². The van der Waals surface area contributed by atoms with Gasteiger partial charge in [-0.2, -0.15) is 0 Å². The quantitative estimate of drug-likeness (QED) is 0.818. The molecule has 0 aliphatic rings. The zero-order chi connectivity index (χ0) is 15.2. The molecule has 2 rings (SSSR count). The van der Waals surface area contributed by atoms with Crippen LogP contribution in [0.15, 0.2) is 42.5 Å². The summed E-state index contributed by atoms with van der Waals surface area (Å²) in [7, 11) is 0. The number of hydrogen-bond donors (Lipinski definition) is 1. The second-order valence-electron chi connectivity index (χ2n) is 4.64. The average molecular weight is 295 g/mol. The number of nitrogens with one attached hydrogen (secondary N) is 1. The molecule has 0 bridgehead atoms. The van der Waals surface area contributed by atoms with Crippen LogP contribution in [0.3, 0.4) is 0 Å². The second-order valence-corrected chi connectivity index (χ2v) is 4.64. The highest BCUT2D eigenvalue weighted by Crippen LogP contribution is 2.17. The van der Waals surface area contributed by atoms with Gasteiger partial charge in [0.15, 0.2) is 0 Å². The first-order chi connectivity index (χ1) is 10.1. The lowest BCUT2D eigenvalue weighted by atomic mass is 10.1. The monoisotopic (exact) mass is 295 g/mol. The van der Waals surface area contributed by atoms with Gasteiger partial charge in [-0.1, -0.05) is 6.07 Å². The Bertz CT molecular complexity index is 587. The van der Waals surface area contributed by atoms with Crippen LogP contribution in [0.1, 0.15) is 18.5 Å².